The van der Waals surface area contributed by atoms with Crippen LogP contribution in [0.4, 0.5) is 0 Å². The summed E-state index contributed by atoms with van der Waals surface area (Å²) in [6, 6.07) is 6.15. The molecule has 1 unspecified atom stereocenters. The lowest BCUT2D eigenvalue weighted by Gasteiger charge is -2.30. The first-order chi connectivity index (χ1) is 11.2. The van der Waals surface area contributed by atoms with Crippen molar-refractivity contribution in [3.05, 3.63) is 28.2 Å². The van der Waals surface area contributed by atoms with E-state index in [1.54, 1.807) is 7.11 Å². The van der Waals surface area contributed by atoms with Crippen molar-refractivity contribution >= 4 is 21.8 Å². The fourth-order valence-electron chi connectivity index (χ4n) is 4.18. The molecule has 2 aliphatic rings. The average molecular weight is 381 g/mol. The van der Waals surface area contributed by atoms with Crippen LogP contribution in [0.5, 0.6) is 5.75 Å². The summed E-state index contributed by atoms with van der Waals surface area (Å²) in [4.78, 5) is 15.2. The zero-order valence-electron chi connectivity index (χ0n) is 13.6. The Balaban J connectivity index is 1.86. The Labute approximate surface area is 146 Å². The van der Waals surface area contributed by atoms with E-state index >= 15 is 0 Å². The Morgan fingerprint density at radius 3 is 2.91 bits per heavy atom. The topological polar surface area (TPSA) is 55.6 Å². The van der Waals surface area contributed by atoms with Gasteiger partial charge in [-0.3, -0.25) is 4.79 Å². The molecule has 1 aliphatic carbocycles. The molecule has 0 aromatic heterocycles. The Morgan fingerprint density at radius 2 is 2.17 bits per heavy atom. The van der Waals surface area contributed by atoms with Gasteiger partial charge in [0.2, 0.25) is 5.91 Å². The minimum absolute atomic E-state index is 0.110. The number of methoxy groups -OCH3 is 1. The number of rotatable bonds is 4. The summed E-state index contributed by atoms with van der Waals surface area (Å²) in [5, 5.41) is 0. The monoisotopic (exact) mass is 380 g/mol. The van der Waals surface area contributed by atoms with Gasteiger partial charge in [-0.05, 0) is 56.3 Å². The predicted molar refractivity (Wildman–Crippen MR) is 94.3 cm³/mol. The molecule has 126 valence electrons. The molecule has 2 N–H and O–H groups in total. The first-order valence-electron chi connectivity index (χ1n) is 8.49. The van der Waals surface area contributed by atoms with Crippen molar-refractivity contribution < 1.29 is 9.53 Å². The van der Waals surface area contributed by atoms with Gasteiger partial charge in [0, 0.05) is 22.5 Å². The van der Waals surface area contributed by atoms with Crippen LogP contribution < -0.4 is 10.5 Å². The van der Waals surface area contributed by atoms with Crippen molar-refractivity contribution in [2.45, 2.75) is 38.1 Å². The second kappa shape index (κ2) is 7.22. The number of halogens is 1. The normalized spacial score (nSPS) is 27.4. The molecule has 3 rings (SSSR count). The summed E-state index contributed by atoms with van der Waals surface area (Å²) in [5.41, 5.74) is 6.98. The quantitative estimate of drug-likeness (QED) is 0.869. The van der Waals surface area contributed by atoms with Crippen molar-refractivity contribution in [3.8, 4) is 5.75 Å². The van der Waals surface area contributed by atoms with Crippen LogP contribution in [0.1, 0.15) is 43.7 Å². The van der Waals surface area contributed by atoms with Gasteiger partial charge in [0.15, 0.2) is 0 Å². The molecule has 1 saturated heterocycles. The largest absolute Gasteiger partial charge is 0.496 e. The lowest BCUT2D eigenvalue weighted by molar-refractivity contribution is -0.137. The molecule has 4 nitrogen and oxygen atoms in total. The van der Waals surface area contributed by atoms with E-state index in [0.29, 0.717) is 18.4 Å². The zero-order chi connectivity index (χ0) is 16.4. The summed E-state index contributed by atoms with van der Waals surface area (Å²) in [6.07, 6.45) is 5.24. The van der Waals surface area contributed by atoms with Crippen LogP contribution in [0.2, 0.25) is 0 Å². The first kappa shape index (κ1) is 16.8. The van der Waals surface area contributed by atoms with E-state index in [-0.39, 0.29) is 12.0 Å². The van der Waals surface area contributed by atoms with Crippen molar-refractivity contribution in [2.75, 3.05) is 20.2 Å². The molecule has 1 aliphatic heterocycles. The van der Waals surface area contributed by atoms with E-state index < -0.39 is 0 Å². The number of carbonyl (C=O) groups excluding carboxylic acids is 1. The molecule has 0 radical (unpaired) electrons. The van der Waals surface area contributed by atoms with E-state index in [0.717, 1.165) is 54.4 Å². The van der Waals surface area contributed by atoms with Crippen LogP contribution in [-0.4, -0.2) is 31.0 Å². The number of hydrogen-bond acceptors (Lipinski definition) is 3. The van der Waals surface area contributed by atoms with Gasteiger partial charge in [0.05, 0.1) is 13.2 Å². The van der Waals surface area contributed by atoms with E-state index in [1.165, 1.54) is 0 Å². The van der Waals surface area contributed by atoms with Gasteiger partial charge >= 0.3 is 0 Å². The van der Waals surface area contributed by atoms with Gasteiger partial charge in [0.25, 0.3) is 0 Å². The smallest absolute Gasteiger partial charge is 0.226 e. The Kier molecular flexibility index (Phi) is 5.27. The molecule has 1 aromatic carbocycles. The third-order valence-corrected chi connectivity index (χ3v) is 5.86. The highest BCUT2D eigenvalue weighted by atomic mass is 79.9. The molecular formula is C18H25BrN2O2. The summed E-state index contributed by atoms with van der Waals surface area (Å²) in [6.45, 7) is 1.46. The maximum absolute atomic E-state index is 13.1. The van der Waals surface area contributed by atoms with Gasteiger partial charge < -0.3 is 15.4 Å². The van der Waals surface area contributed by atoms with E-state index in [2.05, 4.69) is 26.9 Å². The summed E-state index contributed by atoms with van der Waals surface area (Å²) in [7, 11) is 1.69. The fourth-order valence-corrected chi connectivity index (χ4v) is 4.56. The number of nitrogens with zero attached hydrogens (tertiary/aromatic N) is 1. The molecular weight excluding hydrogens is 356 g/mol. The number of benzene rings is 1. The maximum atomic E-state index is 13.1. The Hall–Kier alpha value is -1.07. The molecule has 3 atom stereocenters. The van der Waals surface area contributed by atoms with Crippen LogP contribution in [0, 0.1) is 11.8 Å². The van der Waals surface area contributed by atoms with Crippen LogP contribution in [0.25, 0.3) is 0 Å². The SMILES string of the molecule is COc1ccc(Br)cc1C1CCCN1C(=O)[C@@H]1CCC[C@@H]1CN. The van der Waals surface area contributed by atoms with Gasteiger partial charge in [0.1, 0.15) is 5.75 Å². The van der Waals surface area contributed by atoms with Gasteiger partial charge in [-0.15, -0.1) is 0 Å². The van der Waals surface area contributed by atoms with Crippen LogP contribution in [-0.2, 0) is 4.79 Å². The second-order valence-electron chi connectivity index (χ2n) is 6.61. The van der Waals surface area contributed by atoms with E-state index in [9.17, 15) is 4.79 Å². The molecule has 5 heteroatoms. The van der Waals surface area contributed by atoms with Gasteiger partial charge in [-0.1, -0.05) is 22.4 Å². The van der Waals surface area contributed by atoms with Crippen molar-refractivity contribution in [1.29, 1.82) is 0 Å². The Bertz CT molecular complexity index is 578. The third-order valence-electron chi connectivity index (χ3n) is 5.37. The first-order valence-corrected chi connectivity index (χ1v) is 9.29. The average Bonchev–Trinajstić information content (AvgIpc) is 3.23. The minimum atomic E-state index is 0.110. The molecule has 1 saturated carbocycles. The number of carbonyl (C=O) groups is 1. The number of likely N-dealkylation sites (tertiary alicyclic amines) is 1. The molecule has 1 heterocycles. The summed E-state index contributed by atoms with van der Waals surface area (Å²) in [5.74, 6) is 1.62. The number of amides is 1. The zero-order valence-corrected chi connectivity index (χ0v) is 15.2. The van der Waals surface area contributed by atoms with E-state index in [1.807, 2.05) is 12.1 Å². The van der Waals surface area contributed by atoms with E-state index in [4.69, 9.17) is 10.5 Å². The van der Waals surface area contributed by atoms with Crippen LogP contribution >= 0.6 is 15.9 Å². The minimum Gasteiger partial charge on any atom is -0.496 e. The predicted octanol–water partition coefficient (Wildman–Crippen LogP) is 3.50. The van der Waals surface area contributed by atoms with Crippen LogP contribution in [0.3, 0.4) is 0 Å². The standard InChI is InChI=1S/C18H25BrN2O2/c1-23-17-8-7-13(19)10-15(17)16-6-3-9-21(16)18(22)14-5-2-4-12(14)11-20/h7-8,10,12,14,16H,2-6,9,11,20H2,1H3/t12-,14-,16?/m1/s1. The highest BCUT2D eigenvalue weighted by Crippen LogP contribution is 2.41. The summed E-state index contributed by atoms with van der Waals surface area (Å²) < 4.78 is 6.55. The molecule has 23 heavy (non-hydrogen) atoms. The lowest BCUT2D eigenvalue weighted by atomic mass is 9.93. The summed E-state index contributed by atoms with van der Waals surface area (Å²) >= 11 is 3.54. The Morgan fingerprint density at radius 1 is 1.35 bits per heavy atom. The van der Waals surface area contributed by atoms with Crippen molar-refractivity contribution in [2.24, 2.45) is 17.6 Å². The van der Waals surface area contributed by atoms with Gasteiger partial charge in [-0.2, -0.15) is 0 Å². The lowest BCUT2D eigenvalue weighted by Crippen LogP contribution is -2.38. The van der Waals surface area contributed by atoms with Crippen LogP contribution in [0.15, 0.2) is 22.7 Å². The van der Waals surface area contributed by atoms with Gasteiger partial charge in [-0.25, -0.2) is 0 Å². The highest BCUT2D eigenvalue weighted by molar-refractivity contribution is 9.10. The third kappa shape index (κ3) is 3.26. The fraction of sp³-hybridized carbons (Fsp3) is 0.611. The van der Waals surface area contributed by atoms with Crippen molar-refractivity contribution in [3.63, 3.8) is 0 Å². The second-order valence-corrected chi connectivity index (χ2v) is 7.52. The molecule has 2 fully saturated rings. The number of ether oxygens (including phenoxy) is 1. The molecule has 1 aromatic rings. The molecule has 1 amide bonds. The molecule has 0 spiro atoms. The number of hydrogen-bond donors (Lipinski definition) is 1. The highest BCUT2D eigenvalue weighted by Gasteiger charge is 2.39. The van der Waals surface area contributed by atoms with Crippen molar-refractivity contribution in [1.82, 2.24) is 4.90 Å². The molecule has 0 bridgehead atoms. The number of nitrogens with two attached hydrogens (primary N) is 1. The maximum Gasteiger partial charge on any atom is 0.226 e.